The highest BCUT2D eigenvalue weighted by Crippen LogP contribution is 2.28. The normalized spacial score (nSPS) is 9.81. The number of hydrogen-bond donors (Lipinski definition) is 1. The molecule has 0 fully saturated rings. The molecule has 1 heterocycles. The first kappa shape index (κ1) is 10.5. The van der Waals surface area contributed by atoms with Crippen LogP contribution in [0.3, 0.4) is 0 Å². The number of benzene rings is 1. The molecule has 0 unspecified atom stereocenters. The van der Waals surface area contributed by atoms with Crippen LogP contribution >= 0.6 is 11.3 Å². The summed E-state index contributed by atoms with van der Waals surface area (Å²) in [6, 6.07) is 7.09. The average molecular weight is 232 g/mol. The molecule has 16 heavy (non-hydrogen) atoms. The Labute approximate surface area is 95.6 Å². The summed E-state index contributed by atoms with van der Waals surface area (Å²) >= 11 is 1.40. The van der Waals surface area contributed by atoms with E-state index in [1.165, 1.54) is 17.4 Å². The van der Waals surface area contributed by atoms with E-state index in [1.807, 2.05) is 6.07 Å². The van der Waals surface area contributed by atoms with E-state index >= 15 is 0 Å². The molecule has 0 aliphatic rings. The zero-order valence-corrected chi connectivity index (χ0v) is 9.30. The van der Waals surface area contributed by atoms with Crippen molar-refractivity contribution in [1.29, 1.82) is 0 Å². The van der Waals surface area contributed by atoms with Crippen molar-refractivity contribution in [2.45, 2.75) is 0 Å². The Balaban J connectivity index is 2.53. The fraction of sp³-hybridized carbons (Fsp3) is 0.0909. The number of rotatable bonds is 2. The van der Waals surface area contributed by atoms with Gasteiger partial charge in [-0.15, -0.1) is 11.3 Å². The van der Waals surface area contributed by atoms with Gasteiger partial charge in [-0.2, -0.15) is 4.99 Å². The Morgan fingerprint density at radius 3 is 2.94 bits per heavy atom. The minimum absolute atomic E-state index is 0.110. The highest BCUT2D eigenvalue weighted by molar-refractivity contribution is 7.20. The summed E-state index contributed by atoms with van der Waals surface area (Å²) in [7, 11) is 1.59. The summed E-state index contributed by atoms with van der Waals surface area (Å²) < 4.78 is 0.989. The molecular weight excluding hydrogens is 224 g/mol. The Morgan fingerprint density at radius 1 is 1.44 bits per heavy atom. The maximum absolute atomic E-state index is 11.4. The standard InChI is InChI=1S/C11H8N2O2S/c1-12-11(15)10-5-7-4-8(13-6-14)2-3-9(7)16-10/h2-5H,1H3,(H,12,15). The number of thiophene rings is 1. The maximum Gasteiger partial charge on any atom is 0.261 e. The molecule has 1 N–H and O–H groups in total. The third-order valence-electron chi connectivity index (χ3n) is 2.13. The van der Waals surface area contributed by atoms with Crippen LogP contribution in [0, 0.1) is 0 Å². The molecule has 0 radical (unpaired) electrons. The second-order valence-corrected chi connectivity index (χ2v) is 4.20. The number of fused-ring (bicyclic) bond motifs is 1. The van der Waals surface area contributed by atoms with Crippen molar-refractivity contribution in [1.82, 2.24) is 5.32 Å². The number of amides is 1. The Bertz CT molecular complexity index is 597. The fourth-order valence-corrected chi connectivity index (χ4v) is 2.38. The number of isocyanates is 1. The first-order chi connectivity index (χ1) is 7.74. The van der Waals surface area contributed by atoms with Gasteiger partial charge in [0.25, 0.3) is 5.91 Å². The molecule has 2 rings (SSSR count). The lowest BCUT2D eigenvalue weighted by Gasteiger charge is -1.90. The molecule has 0 saturated heterocycles. The Hall–Kier alpha value is -1.97. The summed E-state index contributed by atoms with van der Waals surface area (Å²) in [5.41, 5.74) is 0.545. The molecule has 0 bridgehead atoms. The monoisotopic (exact) mass is 232 g/mol. The summed E-state index contributed by atoms with van der Waals surface area (Å²) in [6.45, 7) is 0. The van der Waals surface area contributed by atoms with Crippen molar-refractivity contribution in [2.75, 3.05) is 7.05 Å². The molecule has 1 amide bonds. The van der Waals surface area contributed by atoms with E-state index in [2.05, 4.69) is 10.3 Å². The van der Waals surface area contributed by atoms with E-state index in [0.29, 0.717) is 10.6 Å². The first-order valence-electron chi connectivity index (χ1n) is 4.58. The van der Waals surface area contributed by atoms with Crippen LogP contribution in [0.15, 0.2) is 29.3 Å². The third kappa shape index (κ3) is 1.86. The van der Waals surface area contributed by atoms with Crippen LogP contribution in [0.1, 0.15) is 9.67 Å². The number of nitrogens with one attached hydrogen (secondary N) is 1. The lowest BCUT2D eigenvalue weighted by molar-refractivity contribution is 0.0967. The Morgan fingerprint density at radius 2 is 2.25 bits per heavy atom. The van der Waals surface area contributed by atoms with E-state index in [0.717, 1.165) is 10.1 Å². The molecule has 80 valence electrons. The van der Waals surface area contributed by atoms with Gasteiger partial charge in [0.2, 0.25) is 6.08 Å². The predicted molar refractivity (Wildman–Crippen MR) is 63.0 cm³/mol. The van der Waals surface area contributed by atoms with Gasteiger partial charge in [-0.05, 0) is 29.7 Å². The molecule has 0 saturated carbocycles. The average Bonchev–Trinajstić information content (AvgIpc) is 2.71. The zero-order chi connectivity index (χ0) is 11.5. The van der Waals surface area contributed by atoms with Gasteiger partial charge in [-0.3, -0.25) is 4.79 Å². The second-order valence-electron chi connectivity index (χ2n) is 3.11. The van der Waals surface area contributed by atoms with E-state index in [4.69, 9.17) is 0 Å². The van der Waals surface area contributed by atoms with Crippen molar-refractivity contribution >= 4 is 39.1 Å². The summed E-state index contributed by atoms with van der Waals surface area (Å²) in [5, 5.41) is 3.47. The van der Waals surface area contributed by atoms with Gasteiger partial charge >= 0.3 is 0 Å². The molecule has 1 aromatic carbocycles. The molecule has 1 aromatic heterocycles. The largest absolute Gasteiger partial charge is 0.354 e. The van der Waals surface area contributed by atoms with E-state index in [1.54, 1.807) is 25.2 Å². The van der Waals surface area contributed by atoms with E-state index in [9.17, 15) is 9.59 Å². The van der Waals surface area contributed by atoms with Crippen molar-refractivity contribution in [2.24, 2.45) is 4.99 Å². The van der Waals surface area contributed by atoms with E-state index in [-0.39, 0.29) is 5.91 Å². The van der Waals surface area contributed by atoms with E-state index < -0.39 is 0 Å². The van der Waals surface area contributed by atoms with Crippen LogP contribution in [0.25, 0.3) is 10.1 Å². The van der Waals surface area contributed by atoms with Crippen molar-refractivity contribution < 1.29 is 9.59 Å². The van der Waals surface area contributed by atoms with Gasteiger partial charge in [0.1, 0.15) is 0 Å². The van der Waals surface area contributed by atoms with Gasteiger partial charge in [-0.25, -0.2) is 4.79 Å². The number of aliphatic imine (C=N–C) groups is 1. The van der Waals surface area contributed by atoms with Crippen molar-refractivity contribution in [3.8, 4) is 0 Å². The van der Waals surface area contributed by atoms with Crippen molar-refractivity contribution in [3.05, 3.63) is 29.1 Å². The third-order valence-corrected chi connectivity index (χ3v) is 3.24. The number of hydrogen-bond acceptors (Lipinski definition) is 4. The fourth-order valence-electron chi connectivity index (χ4n) is 1.39. The minimum Gasteiger partial charge on any atom is -0.354 e. The van der Waals surface area contributed by atoms with Gasteiger partial charge in [0.15, 0.2) is 0 Å². The quantitative estimate of drug-likeness (QED) is 0.637. The molecule has 4 nitrogen and oxygen atoms in total. The number of nitrogens with zero attached hydrogens (tertiary/aromatic N) is 1. The highest BCUT2D eigenvalue weighted by Gasteiger charge is 2.08. The van der Waals surface area contributed by atoms with Crippen LogP contribution in [-0.4, -0.2) is 19.0 Å². The predicted octanol–water partition coefficient (Wildman–Crippen LogP) is 2.23. The van der Waals surface area contributed by atoms with Crippen LogP contribution in [0.4, 0.5) is 5.69 Å². The smallest absolute Gasteiger partial charge is 0.261 e. The van der Waals surface area contributed by atoms with Gasteiger partial charge < -0.3 is 5.32 Å². The lowest BCUT2D eigenvalue weighted by atomic mass is 10.2. The number of carbonyl (C=O) groups is 1. The van der Waals surface area contributed by atoms with Gasteiger partial charge in [-0.1, -0.05) is 0 Å². The van der Waals surface area contributed by atoms with Crippen LogP contribution in [-0.2, 0) is 4.79 Å². The molecule has 2 aromatic rings. The second kappa shape index (κ2) is 4.26. The number of carbonyl (C=O) groups excluding carboxylic acids is 2. The van der Waals surface area contributed by atoms with Gasteiger partial charge in [0.05, 0.1) is 10.6 Å². The SMILES string of the molecule is CNC(=O)c1cc2cc(N=C=O)ccc2s1. The zero-order valence-electron chi connectivity index (χ0n) is 8.48. The maximum atomic E-state index is 11.4. The molecule has 0 aliphatic heterocycles. The first-order valence-corrected chi connectivity index (χ1v) is 5.40. The lowest BCUT2D eigenvalue weighted by Crippen LogP contribution is -2.15. The minimum atomic E-state index is -0.110. The highest BCUT2D eigenvalue weighted by atomic mass is 32.1. The molecule has 0 atom stereocenters. The molecule has 0 aliphatic carbocycles. The van der Waals surface area contributed by atoms with Crippen LogP contribution in [0.2, 0.25) is 0 Å². The van der Waals surface area contributed by atoms with Crippen LogP contribution in [0.5, 0.6) is 0 Å². The van der Waals surface area contributed by atoms with Crippen molar-refractivity contribution in [3.63, 3.8) is 0 Å². The summed E-state index contributed by atoms with van der Waals surface area (Å²) in [5.74, 6) is -0.110. The topological polar surface area (TPSA) is 58.5 Å². The Kier molecular flexibility index (Phi) is 2.81. The molecule has 0 spiro atoms. The van der Waals surface area contributed by atoms with Gasteiger partial charge in [0, 0.05) is 11.7 Å². The molecule has 5 heteroatoms. The van der Waals surface area contributed by atoms with Crippen LogP contribution < -0.4 is 5.32 Å². The summed E-state index contributed by atoms with van der Waals surface area (Å²) in [4.78, 5) is 25.7. The molecular formula is C11H8N2O2S. The summed E-state index contributed by atoms with van der Waals surface area (Å²) in [6.07, 6.45) is 1.49.